The van der Waals surface area contributed by atoms with Crippen LogP contribution in [-0.2, 0) is 14.3 Å². The van der Waals surface area contributed by atoms with Crippen LogP contribution in [-0.4, -0.2) is 31.4 Å². The van der Waals surface area contributed by atoms with Crippen LogP contribution >= 0.6 is 0 Å². The van der Waals surface area contributed by atoms with Crippen molar-refractivity contribution in [2.24, 2.45) is 4.99 Å². The number of nitrogens with one attached hydrogen (secondary N) is 1. The molecule has 0 radical (unpaired) electrons. The van der Waals surface area contributed by atoms with Gasteiger partial charge in [0, 0.05) is 11.1 Å². The topological polar surface area (TPSA) is 67.8 Å². The second kappa shape index (κ2) is 8.48. The van der Waals surface area contributed by atoms with E-state index in [1.807, 2.05) is 60.7 Å². The van der Waals surface area contributed by atoms with E-state index >= 15 is 0 Å². The fourth-order valence-corrected chi connectivity index (χ4v) is 2.13. The molecule has 23 heavy (non-hydrogen) atoms. The summed E-state index contributed by atoms with van der Waals surface area (Å²) in [5.74, 6) is -0.437. The highest BCUT2D eigenvalue weighted by atomic mass is 16.5. The smallest absolute Gasteiger partial charge is 0.309 e. The molecule has 0 heterocycles. The summed E-state index contributed by atoms with van der Waals surface area (Å²) in [6.07, 6.45) is -0.182. The van der Waals surface area contributed by atoms with E-state index in [0.29, 0.717) is 12.1 Å². The minimum atomic E-state index is -0.685. The normalized spacial score (nSPS) is 11.2. The van der Waals surface area contributed by atoms with Gasteiger partial charge in [0.25, 0.3) is 0 Å². The zero-order valence-electron chi connectivity index (χ0n) is 12.8. The zero-order chi connectivity index (χ0) is 16.5. The minimum Gasteiger partial charge on any atom is -0.469 e. The van der Waals surface area contributed by atoms with Gasteiger partial charge in [0.05, 0.1) is 19.2 Å². The van der Waals surface area contributed by atoms with Crippen LogP contribution < -0.4 is 5.32 Å². The van der Waals surface area contributed by atoms with Crippen molar-refractivity contribution in [1.29, 1.82) is 0 Å². The first-order valence-corrected chi connectivity index (χ1v) is 7.19. The van der Waals surface area contributed by atoms with E-state index in [-0.39, 0.29) is 6.42 Å². The molecular formula is C18H18N2O3. The lowest BCUT2D eigenvalue weighted by molar-refractivity contribution is -0.141. The van der Waals surface area contributed by atoms with E-state index in [1.54, 1.807) is 0 Å². The van der Waals surface area contributed by atoms with Crippen molar-refractivity contribution in [3.8, 4) is 0 Å². The predicted molar refractivity (Wildman–Crippen MR) is 88.1 cm³/mol. The Hall–Kier alpha value is -2.95. The Morgan fingerprint density at radius 3 is 2.04 bits per heavy atom. The van der Waals surface area contributed by atoms with Crippen molar-refractivity contribution in [2.45, 2.75) is 12.6 Å². The Balaban J connectivity index is 2.42. The van der Waals surface area contributed by atoms with Crippen molar-refractivity contribution in [3.63, 3.8) is 0 Å². The molecule has 1 amide bonds. The van der Waals surface area contributed by atoms with Crippen molar-refractivity contribution in [2.75, 3.05) is 7.11 Å². The maximum Gasteiger partial charge on any atom is 0.309 e. The molecule has 2 aromatic carbocycles. The number of carbonyl (C=O) groups excluding carboxylic acids is 2. The fraction of sp³-hybridized carbons (Fsp3) is 0.167. The highest BCUT2D eigenvalue weighted by Crippen LogP contribution is 2.12. The average Bonchev–Trinajstić information content (AvgIpc) is 2.61. The molecule has 0 saturated heterocycles. The Morgan fingerprint density at radius 1 is 1.09 bits per heavy atom. The SMILES string of the molecule is COC(=O)CC(N=C(c1ccccc1)c1ccccc1)NC=O. The standard InChI is InChI=1S/C18H18N2O3/c1-23-17(22)12-16(19-13-21)20-18(14-8-4-2-5-9-14)15-10-6-3-7-11-15/h2-11,13,16H,12H2,1H3,(H,19,21). The molecule has 5 heteroatoms. The van der Waals surface area contributed by atoms with Crippen molar-refractivity contribution >= 4 is 18.1 Å². The van der Waals surface area contributed by atoms with Gasteiger partial charge in [-0.15, -0.1) is 0 Å². The monoisotopic (exact) mass is 310 g/mol. The maximum atomic E-state index is 11.5. The molecule has 0 spiro atoms. The first-order chi connectivity index (χ1) is 11.2. The summed E-state index contributed by atoms with van der Waals surface area (Å²) in [5.41, 5.74) is 2.51. The van der Waals surface area contributed by atoms with E-state index in [1.165, 1.54) is 7.11 Å². The summed E-state index contributed by atoms with van der Waals surface area (Å²) in [4.78, 5) is 26.9. The quantitative estimate of drug-likeness (QED) is 0.484. The Morgan fingerprint density at radius 2 is 1.61 bits per heavy atom. The third-order valence-electron chi connectivity index (χ3n) is 3.23. The summed E-state index contributed by atoms with van der Waals surface area (Å²) >= 11 is 0. The number of amides is 1. The lowest BCUT2D eigenvalue weighted by atomic mass is 10.0. The van der Waals surface area contributed by atoms with E-state index in [9.17, 15) is 9.59 Å². The largest absolute Gasteiger partial charge is 0.469 e. The van der Waals surface area contributed by atoms with Gasteiger partial charge in [-0.3, -0.25) is 14.6 Å². The van der Waals surface area contributed by atoms with Gasteiger partial charge in [-0.05, 0) is 0 Å². The molecule has 118 valence electrons. The third-order valence-corrected chi connectivity index (χ3v) is 3.23. The van der Waals surface area contributed by atoms with E-state index in [4.69, 9.17) is 0 Å². The molecular weight excluding hydrogens is 292 g/mol. The average molecular weight is 310 g/mol. The predicted octanol–water partition coefficient (Wildman–Crippen LogP) is 2.16. The van der Waals surface area contributed by atoms with Gasteiger partial charge in [-0.1, -0.05) is 60.7 Å². The van der Waals surface area contributed by atoms with Crippen LogP contribution in [0.1, 0.15) is 17.5 Å². The molecule has 0 aliphatic rings. The number of methoxy groups -OCH3 is 1. The van der Waals surface area contributed by atoms with Crippen LogP contribution in [0.2, 0.25) is 0 Å². The lowest BCUT2D eigenvalue weighted by Gasteiger charge is -2.14. The van der Waals surface area contributed by atoms with Crippen LogP contribution in [0, 0.1) is 0 Å². The number of hydrogen-bond acceptors (Lipinski definition) is 4. The molecule has 0 aromatic heterocycles. The van der Waals surface area contributed by atoms with Gasteiger partial charge in [0.15, 0.2) is 0 Å². The summed E-state index contributed by atoms with van der Waals surface area (Å²) in [7, 11) is 1.30. The molecule has 1 atom stereocenters. The number of benzene rings is 2. The van der Waals surface area contributed by atoms with Crippen LogP contribution in [0.4, 0.5) is 0 Å². The second-order valence-corrected chi connectivity index (χ2v) is 4.79. The molecule has 2 rings (SSSR count). The van der Waals surface area contributed by atoms with Crippen molar-refractivity contribution in [1.82, 2.24) is 5.32 Å². The minimum absolute atomic E-state index is 0.0294. The van der Waals surface area contributed by atoms with Crippen LogP contribution in [0.3, 0.4) is 0 Å². The number of aliphatic imine (C=N–C) groups is 1. The van der Waals surface area contributed by atoms with Crippen LogP contribution in [0.15, 0.2) is 65.7 Å². The molecule has 0 saturated carbocycles. The fourth-order valence-electron chi connectivity index (χ4n) is 2.13. The number of ether oxygens (including phenoxy) is 1. The molecule has 1 unspecified atom stereocenters. The van der Waals surface area contributed by atoms with Crippen LogP contribution in [0.25, 0.3) is 0 Å². The van der Waals surface area contributed by atoms with Crippen LogP contribution in [0.5, 0.6) is 0 Å². The highest BCUT2D eigenvalue weighted by molar-refractivity contribution is 6.13. The molecule has 0 bridgehead atoms. The highest BCUT2D eigenvalue weighted by Gasteiger charge is 2.15. The van der Waals surface area contributed by atoms with E-state index < -0.39 is 12.1 Å². The van der Waals surface area contributed by atoms with Gasteiger partial charge >= 0.3 is 5.97 Å². The number of esters is 1. The Bertz CT molecular complexity index is 628. The molecule has 0 fully saturated rings. The van der Waals surface area contributed by atoms with E-state index in [2.05, 4.69) is 15.0 Å². The lowest BCUT2D eigenvalue weighted by Crippen LogP contribution is -2.30. The molecule has 2 aromatic rings. The van der Waals surface area contributed by atoms with Gasteiger partial charge in [-0.25, -0.2) is 0 Å². The number of rotatable bonds is 7. The summed E-state index contributed by atoms with van der Waals surface area (Å²) in [6, 6.07) is 19.2. The Labute approximate surface area is 135 Å². The summed E-state index contributed by atoms with van der Waals surface area (Å²) in [6.45, 7) is 0. The molecule has 0 aliphatic carbocycles. The molecule has 1 N–H and O–H groups in total. The third kappa shape index (κ3) is 4.78. The van der Waals surface area contributed by atoms with Gasteiger partial charge < -0.3 is 10.1 Å². The van der Waals surface area contributed by atoms with Gasteiger partial charge in [0.1, 0.15) is 6.17 Å². The molecule has 0 aliphatic heterocycles. The molecule has 5 nitrogen and oxygen atoms in total. The van der Waals surface area contributed by atoms with Crippen molar-refractivity contribution in [3.05, 3.63) is 71.8 Å². The Kier molecular flexibility index (Phi) is 6.06. The zero-order valence-corrected chi connectivity index (χ0v) is 12.8. The first-order valence-electron chi connectivity index (χ1n) is 7.19. The second-order valence-electron chi connectivity index (χ2n) is 4.79. The first kappa shape index (κ1) is 16.4. The van der Waals surface area contributed by atoms with Gasteiger partial charge in [-0.2, -0.15) is 0 Å². The maximum absolute atomic E-state index is 11.5. The number of hydrogen-bond donors (Lipinski definition) is 1. The number of nitrogens with zero attached hydrogens (tertiary/aromatic N) is 1. The summed E-state index contributed by atoms with van der Waals surface area (Å²) in [5, 5.41) is 2.55. The number of carbonyl (C=O) groups is 2. The van der Waals surface area contributed by atoms with Crippen molar-refractivity contribution < 1.29 is 14.3 Å². The van der Waals surface area contributed by atoms with E-state index in [0.717, 1.165) is 11.1 Å². The summed E-state index contributed by atoms with van der Waals surface area (Å²) < 4.78 is 4.66. The van der Waals surface area contributed by atoms with Gasteiger partial charge in [0.2, 0.25) is 6.41 Å².